The quantitative estimate of drug-likeness (QED) is 0.647. The fourth-order valence-corrected chi connectivity index (χ4v) is 0.471. The maximum atomic E-state index is 3.34. The van der Waals surface area contributed by atoms with E-state index in [9.17, 15) is 0 Å². The molecule has 0 heterocycles. The first kappa shape index (κ1) is 12.6. The summed E-state index contributed by atoms with van der Waals surface area (Å²) in [4.78, 5) is 0. The molecule has 0 fully saturated rings. The van der Waals surface area contributed by atoms with Gasteiger partial charge >= 0.3 is 0 Å². The zero-order valence-corrected chi connectivity index (χ0v) is 8.36. The number of nitrogens with one attached hydrogen (secondary N) is 1. The topological polar surface area (TPSA) is 12.0 Å². The lowest BCUT2D eigenvalue weighted by atomic mass is 10.2. The number of hydrogen-bond donors (Lipinski definition) is 1. The summed E-state index contributed by atoms with van der Waals surface area (Å²) in [5, 5.41) is 3.34. The summed E-state index contributed by atoms with van der Waals surface area (Å²) in [7, 11) is 0. The van der Waals surface area contributed by atoms with Crippen LogP contribution in [0.3, 0.4) is 0 Å². The molecule has 0 rings (SSSR count). The van der Waals surface area contributed by atoms with E-state index in [0.717, 1.165) is 12.5 Å². The van der Waals surface area contributed by atoms with Crippen LogP contribution >= 0.6 is 0 Å². The summed E-state index contributed by atoms with van der Waals surface area (Å²) in [6.45, 7) is 13.9. The third kappa shape index (κ3) is 15.7. The molecule has 0 aromatic carbocycles. The van der Waals surface area contributed by atoms with Crippen LogP contribution in [-0.2, 0) is 0 Å². The monoisotopic (exact) mass is 147 g/mol. The Balaban J connectivity index is -0.000000196. The first-order valence-corrected chi connectivity index (χ1v) is 4.36. The molecule has 0 aromatic heterocycles. The molecular formula is C9H25N. The molecule has 0 bridgehead atoms. The van der Waals surface area contributed by atoms with E-state index in [2.05, 4.69) is 33.0 Å². The minimum Gasteiger partial charge on any atom is -0.314 e. The van der Waals surface area contributed by atoms with Gasteiger partial charge in [0, 0.05) is 7.47 Å². The average molecular weight is 147 g/mol. The fourth-order valence-electron chi connectivity index (χ4n) is 0.471. The molecule has 0 aliphatic carbocycles. The fraction of sp³-hybridized carbons (Fsp3) is 1.00. The summed E-state index contributed by atoms with van der Waals surface area (Å²) < 4.78 is 0. The van der Waals surface area contributed by atoms with Crippen molar-refractivity contribution in [2.24, 2.45) is 5.92 Å². The first-order valence-electron chi connectivity index (χ1n) is 4.36. The summed E-state index contributed by atoms with van der Waals surface area (Å²) in [5.41, 5.74) is 0. The van der Waals surface area contributed by atoms with E-state index in [1.807, 2.05) is 13.8 Å². The van der Waals surface area contributed by atoms with Crippen LogP contribution in [0.15, 0.2) is 0 Å². The molecule has 0 spiro atoms. The van der Waals surface area contributed by atoms with Gasteiger partial charge in [-0.15, -0.1) is 0 Å². The maximum Gasteiger partial charge on any atom is 0.00104 e. The van der Waals surface area contributed by atoms with Crippen molar-refractivity contribution >= 4 is 0 Å². The summed E-state index contributed by atoms with van der Waals surface area (Å²) >= 11 is 0. The van der Waals surface area contributed by atoms with Gasteiger partial charge in [0.1, 0.15) is 0 Å². The van der Waals surface area contributed by atoms with Crippen molar-refractivity contribution in [2.75, 3.05) is 6.54 Å². The minimum atomic E-state index is 0. The Labute approximate surface area is 67.7 Å². The molecule has 0 saturated heterocycles. The Kier molecular flexibility index (Phi) is 11.3. The summed E-state index contributed by atoms with van der Waals surface area (Å²) in [6, 6.07) is 0.636. The molecule has 1 N–H and O–H groups in total. The lowest BCUT2D eigenvalue weighted by Crippen LogP contribution is -2.26. The molecule has 1 nitrogen and oxygen atoms in total. The van der Waals surface area contributed by atoms with Crippen molar-refractivity contribution in [2.45, 2.75) is 47.6 Å². The van der Waals surface area contributed by atoms with Gasteiger partial charge in [-0.3, -0.25) is 0 Å². The molecular weight excluding hydrogens is 122 g/mol. The highest BCUT2D eigenvalue weighted by atomic mass is 14.9. The van der Waals surface area contributed by atoms with E-state index in [0.29, 0.717) is 6.04 Å². The molecule has 0 amide bonds. The molecule has 0 unspecified atom stereocenters. The third-order valence-electron chi connectivity index (χ3n) is 0.934. The molecule has 10 heavy (non-hydrogen) atoms. The molecule has 0 aliphatic heterocycles. The van der Waals surface area contributed by atoms with Crippen LogP contribution in [0.2, 0.25) is 0 Å². The van der Waals surface area contributed by atoms with Gasteiger partial charge in [0.25, 0.3) is 0 Å². The molecule has 0 radical (unpaired) electrons. The van der Waals surface area contributed by atoms with Crippen LogP contribution < -0.4 is 5.32 Å². The largest absolute Gasteiger partial charge is 0.314 e. The van der Waals surface area contributed by atoms with Crippen LogP contribution in [0.1, 0.15) is 43.0 Å². The Morgan fingerprint density at radius 3 is 1.60 bits per heavy atom. The number of hydrogen-bond acceptors (Lipinski definition) is 1. The van der Waals surface area contributed by atoms with Gasteiger partial charge in [-0.05, 0) is 12.5 Å². The summed E-state index contributed by atoms with van der Waals surface area (Å²) in [5.74, 6) is 0.775. The Morgan fingerprint density at radius 2 is 1.50 bits per heavy atom. The van der Waals surface area contributed by atoms with Gasteiger partial charge in [-0.2, -0.15) is 0 Å². The third-order valence-corrected chi connectivity index (χ3v) is 0.934. The summed E-state index contributed by atoms with van der Waals surface area (Å²) in [6.07, 6.45) is 0. The van der Waals surface area contributed by atoms with E-state index in [1.165, 1.54) is 0 Å². The van der Waals surface area contributed by atoms with Crippen LogP contribution in [0.25, 0.3) is 0 Å². The predicted molar refractivity (Wildman–Crippen MR) is 51.4 cm³/mol. The SMILES string of the molecule is CC.CC(C)CNC(C)C.[HH]. The Hall–Kier alpha value is -0.0400. The van der Waals surface area contributed by atoms with E-state index in [-0.39, 0.29) is 1.43 Å². The van der Waals surface area contributed by atoms with E-state index >= 15 is 0 Å². The smallest absolute Gasteiger partial charge is 0.00104 e. The Bertz CT molecular complexity index is 45.5. The molecule has 1 heteroatoms. The molecule has 0 atom stereocenters. The van der Waals surface area contributed by atoms with Gasteiger partial charge in [-0.25, -0.2) is 0 Å². The highest BCUT2D eigenvalue weighted by Gasteiger charge is 1.93. The normalized spacial score (nSPS) is 9.60. The lowest BCUT2D eigenvalue weighted by Gasteiger charge is -2.09. The van der Waals surface area contributed by atoms with E-state index < -0.39 is 0 Å². The molecule has 0 aromatic rings. The van der Waals surface area contributed by atoms with Crippen LogP contribution in [0.4, 0.5) is 0 Å². The maximum absolute atomic E-state index is 3.34. The second-order valence-electron chi connectivity index (χ2n) is 2.96. The average Bonchev–Trinajstić information content (AvgIpc) is 1.89. The van der Waals surface area contributed by atoms with Crippen LogP contribution in [0.5, 0.6) is 0 Å². The zero-order valence-electron chi connectivity index (χ0n) is 8.36. The van der Waals surface area contributed by atoms with Crippen molar-refractivity contribution < 1.29 is 1.43 Å². The van der Waals surface area contributed by atoms with Gasteiger partial charge in [0.15, 0.2) is 0 Å². The number of rotatable bonds is 3. The first-order chi connectivity index (χ1) is 4.63. The zero-order chi connectivity index (χ0) is 8.57. The van der Waals surface area contributed by atoms with Gasteiger partial charge < -0.3 is 5.32 Å². The van der Waals surface area contributed by atoms with Crippen LogP contribution in [0, 0.1) is 5.92 Å². The van der Waals surface area contributed by atoms with Gasteiger partial charge in [0.05, 0.1) is 0 Å². The standard InChI is InChI=1S/C7H17N.C2H6.H2/c1-6(2)5-8-7(3)4;1-2;/h6-8H,5H2,1-4H3;1-2H3;1H. The van der Waals surface area contributed by atoms with Crippen molar-refractivity contribution in [3.8, 4) is 0 Å². The van der Waals surface area contributed by atoms with Gasteiger partial charge in [0.2, 0.25) is 0 Å². The molecule has 66 valence electrons. The highest BCUT2D eigenvalue weighted by molar-refractivity contribution is 4.54. The van der Waals surface area contributed by atoms with Gasteiger partial charge in [-0.1, -0.05) is 41.5 Å². The molecule has 0 saturated carbocycles. The van der Waals surface area contributed by atoms with Crippen molar-refractivity contribution in [3.63, 3.8) is 0 Å². The van der Waals surface area contributed by atoms with E-state index in [4.69, 9.17) is 0 Å². The minimum absolute atomic E-state index is 0. The Morgan fingerprint density at radius 1 is 1.10 bits per heavy atom. The second-order valence-corrected chi connectivity index (χ2v) is 2.96. The van der Waals surface area contributed by atoms with Crippen molar-refractivity contribution in [3.05, 3.63) is 0 Å². The lowest BCUT2D eigenvalue weighted by molar-refractivity contribution is 0.505. The second kappa shape index (κ2) is 8.96. The van der Waals surface area contributed by atoms with E-state index in [1.54, 1.807) is 0 Å². The van der Waals surface area contributed by atoms with Crippen LogP contribution in [-0.4, -0.2) is 12.6 Å². The van der Waals surface area contributed by atoms with Crippen molar-refractivity contribution in [1.82, 2.24) is 5.32 Å². The predicted octanol–water partition coefficient (Wildman–Crippen LogP) is 2.91. The molecule has 0 aliphatic rings. The van der Waals surface area contributed by atoms with Crippen molar-refractivity contribution in [1.29, 1.82) is 0 Å². The highest BCUT2D eigenvalue weighted by Crippen LogP contribution is 1.87.